The van der Waals surface area contributed by atoms with E-state index in [-0.39, 0.29) is 6.10 Å². The largest absolute Gasteiger partial charge is 0.369 e. The third-order valence-corrected chi connectivity index (χ3v) is 3.21. The van der Waals surface area contributed by atoms with E-state index in [1.54, 1.807) is 0 Å². The molecule has 18 heavy (non-hydrogen) atoms. The molecule has 1 aromatic carbocycles. The van der Waals surface area contributed by atoms with Gasteiger partial charge in [0.25, 0.3) is 0 Å². The van der Waals surface area contributed by atoms with Crippen LogP contribution in [0.15, 0.2) is 24.3 Å². The summed E-state index contributed by atoms with van der Waals surface area (Å²) in [6.45, 7) is 10.5. The van der Waals surface area contributed by atoms with E-state index in [4.69, 9.17) is 4.74 Å². The normalized spacial score (nSPS) is 14.4. The van der Waals surface area contributed by atoms with Gasteiger partial charge in [0.05, 0.1) is 12.2 Å². The van der Waals surface area contributed by atoms with Gasteiger partial charge in [-0.2, -0.15) is 0 Å². The maximum Gasteiger partial charge on any atom is 0.0955 e. The molecule has 1 N–H and O–H groups in total. The molecule has 2 heteroatoms. The summed E-state index contributed by atoms with van der Waals surface area (Å²) in [4.78, 5) is 0. The second kappa shape index (κ2) is 8.28. The summed E-state index contributed by atoms with van der Waals surface area (Å²) in [6.07, 6.45) is 2.77. The Morgan fingerprint density at radius 1 is 1.22 bits per heavy atom. The minimum absolute atomic E-state index is 0.160. The SMILES string of the molecule is CCCC(C)OC(CNCC)c1ccccc1C. The quantitative estimate of drug-likeness (QED) is 0.755. The Morgan fingerprint density at radius 2 is 1.94 bits per heavy atom. The van der Waals surface area contributed by atoms with E-state index >= 15 is 0 Å². The molecule has 0 aromatic heterocycles. The number of aryl methyl sites for hydroxylation is 1. The summed E-state index contributed by atoms with van der Waals surface area (Å²) in [6, 6.07) is 8.51. The fourth-order valence-electron chi connectivity index (χ4n) is 2.21. The number of rotatable bonds is 8. The standard InChI is InChI=1S/C16H27NO/c1-5-9-14(4)18-16(12-17-6-2)15-11-8-7-10-13(15)3/h7-8,10-11,14,16-17H,5-6,9,12H2,1-4H3. The van der Waals surface area contributed by atoms with Crippen molar-refractivity contribution in [3.05, 3.63) is 35.4 Å². The van der Waals surface area contributed by atoms with Gasteiger partial charge in [-0.3, -0.25) is 0 Å². The fraction of sp³-hybridized carbons (Fsp3) is 0.625. The molecule has 0 amide bonds. The first kappa shape index (κ1) is 15.2. The van der Waals surface area contributed by atoms with Crippen LogP contribution in [0.2, 0.25) is 0 Å². The van der Waals surface area contributed by atoms with Crippen LogP contribution in [-0.4, -0.2) is 19.2 Å². The molecule has 0 aliphatic rings. The molecule has 0 saturated heterocycles. The minimum atomic E-state index is 0.160. The zero-order valence-electron chi connectivity index (χ0n) is 12.2. The van der Waals surface area contributed by atoms with Gasteiger partial charge in [0.1, 0.15) is 0 Å². The molecule has 0 heterocycles. The lowest BCUT2D eigenvalue weighted by Crippen LogP contribution is -2.26. The van der Waals surface area contributed by atoms with Crippen molar-refractivity contribution in [1.29, 1.82) is 0 Å². The maximum absolute atomic E-state index is 6.20. The van der Waals surface area contributed by atoms with Crippen LogP contribution in [-0.2, 0) is 4.74 Å². The van der Waals surface area contributed by atoms with E-state index < -0.39 is 0 Å². The topological polar surface area (TPSA) is 21.3 Å². The van der Waals surface area contributed by atoms with Crippen molar-refractivity contribution in [3.8, 4) is 0 Å². The first-order chi connectivity index (χ1) is 8.69. The molecule has 1 rings (SSSR count). The predicted molar refractivity (Wildman–Crippen MR) is 77.9 cm³/mol. The monoisotopic (exact) mass is 249 g/mol. The number of hydrogen-bond acceptors (Lipinski definition) is 2. The van der Waals surface area contributed by atoms with Crippen LogP contribution in [0.5, 0.6) is 0 Å². The molecule has 2 unspecified atom stereocenters. The molecule has 0 spiro atoms. The van der Waals surface area contributed by atoms with Crippen molar-refractivity contribution < 1.29 is 4.74 Å². The van der Waals surface area contributed by atoms with Crippen LogP contribution in [0.25, 0.3) is 0 Å². The van der Waals surface area contributed by atoms with Gasteiger partial charge in [0.15, 0.2) is 0 Å². The van der Waals surface area contributed by atoms with E-state index in [2.05, 4.69) is 57.3 Å². The summed E-state index contributed by atoms with van der Waals surface area (Å²) in [5, 5.41) is 3.40. The number of likely N-dealkylation sites (N-methyl/N-ethyl adjacent to an activating group) is 1. The van der Waals surface area contributed by atoms with Crippen LogP contribution in [0.1, 0.15) is 50.8 Å². The molecule has 0 bridgehead atoms. The van der Waals surface area contributed by atoms with Crippen molar-refractivity contribution in [2.24, 2.45) is 0 Å². The highest BCUT2D eigenvalue weighted by Gasteiger charge is 2.16. The Bertz CT molecular complexity index is 338. The average molecular weight is 249 g/mol. The Labute approximate surface area is 112 Å². The molecule has 2 atom stereocenters. The molecule has 0 radical (unpaired) electrons. The first-order valence-electron chi connectivity index (χ1n) is 7.10. The van der Waals surface area contributed by atoms with Crippen molar-refractivity contribution in [2.45, 2.75) is 52.7 Å². The third-order valence-electron chi connectivity index (χ3n) is 3.21. The lowest BCUT2D eigenvalue weighted by Gasteiger charge is -2.24. The molecular weight excluding hydrogens is 222 g/mol. The van der Waals surface area contributed by atoms with Gasteiger partial charge in [0.2, 0.25) is 0 Å². The van der Waals surface area contributed by atoms with E-state index in [0.717, 1.165) is 19.5 Å². The second-order valence-corrected chi connectivity index (χ2v) is 4.89. The Kier molecular flexibility index (Phi) is 6.99. The van der Waals surface area contributed by atoms with Crippen LogP contribution >= 0.6 is 0 Å². The lowest BCUT2D eigenvalue weighted by atomic mass is 10.0. The first-order valence-corrected chi connectivity index (χ1v) is 7.10. The fourth-order valence-corrected chi connectivity index (χ4v) is 2.21. The van der Waals surface area contributed by atoms with Crippen LogP contribution in [0.3, 0.4) is 0 Å². The van der Waals surface area contributed by atoms with Gasteiger partial charge in [-0.25, -0.2) is 0 Å². The minimum Gasteiger partial charge on any atom is -0.369 e. The summed E-state index contributed by atoms with van der Waals surface area (Å²) in [5.74, 6) is 0. The summed E-state index contributed by atoms with van der Waals surface area (Å²) < 4.78 is 6.20. The Balaban J connectivity index is 2.74. The number of ether oxygens (including phenoxy) is 1. The molecule has 0 fully saturated rings. The highest BCUT2D eigenvalue weighted by Crippen LogP contribution is 2.23. The third kappa shape index (κ3) is 4.79. The summed E-state index contributed by atoms with van der Waals surface area (Å²) >= 11 is 0. The van der Waals surface area contributed by atoms with Crippen molar-refractivity contribution in [2.75, 3.05) is 13.1 Å². The number of nitrogens with one attached hydrogen (secondary N) is 1. The van der Waals surface area contributed by atoms with Crippen LogP contribution in [0.4, 0.5) is 0 Å². The van der Waals surface area contributed by atoms with E-state index in [0.29, 0.717) is 6.10 Å². The molecule has 102 valence electrons. The van der Waals surface area contributed by atoms with E-state index in [1.165, 1.54) is 17.5 Å². The molecule has 0 aliphatic carbocycles. The molecular formula is C16H27NO. The molecule has 0 aliphatic heterocycles. The number of benzene rings is 1. The van der Waals surface area contributed by atoms with Gasteiger partial charge in [-0.05, 0) is 37.9 Å². The smallest absolute Gasteiger partial charge is 0.0955 e. The predicted octanol–water partition coefficient (Wildman–Crippen LogP) is 3.85. The summed E-state index contributed by atoms with van der Waals surface area (Å²) in [7, 11) is 0. The Hall–Kier alpha value is -0.860. The van der Waals surface area contributed by atoms with Crippen LogP contribution in [0, 0.1) is 6.92 Å². The number of hydrogen-bond donors (Lipinski definition) is 1. The van der Waals surface area contributed by atoms with E-state index in [9.17, 15) is 0 Å². The Morgan fingerprint density at radius 3 is 2.56 bits per heavy atom. The van der Waals surface area contributed by atoms with Crippen molar-refractivity contribution >= 4 is 0 Å². The van der Waals surface area contributed by atoms with Gasteiger partial charge >= 0.3 is 0 Å². The van der Waals surface area contributed by atoms with Crippen LogP contribution < -0.4 is 5.32 Å². The van der Waals surface area contributed by atoms with E-state index in [1.807, 2.05) is 0 Å². The second-order valence-electron chi connectivity index (χ2n) is 4.89. The van der Waals surface area contributed by atoms with Gasteiger partial charge < -0.3 is 10.1 Å². The van der Waals surface area contributed by atoms with Gasteiger partial charge in [0, 0.05) is 6.54 Å². The maximum atomic E-state index is 6.20. The highest BCUT2D eigenvalue weighted by molar-refractivity contribution is 5.28. The van der Waals surface area contributed by atoms with Gasteiger partial charge in [-0.15, -0.1) is 0 Å². The van der Waals surface area contributed by atoms with Crippen molar-refractivity contribution in [1.82, 2.24) is 5.32 Å². The molecule has 2 nitrogen and oxygen atoms in total. The lowest BCUT2D eigenvalue weighted by molar-refractivity contribution is -0.00727. The zero-order chi connectivity index (χ0) is 13.4. The zero-order valence-corrected chi connectivity index (χ0v) is 12.2. The average Bonchev–Trinajstić information content (AvgIpc) is 2.35. The highest BCUT2D eigenvalue weighted by atomic mass is 16.5. The van der Waals surface area contributed by atoms with Gasteiger partial charge in [-0.1, -0.05) is 44.5 Å². The molecule has 1 aromatic rings. The van der Waals surface area contributed by atoms with Crippen molar-refractivity contribution in [3.63, 3.8) is 0 Å². The molecule has 0 saturated carbocycles. The summed E-state index contributed by atoms with van der Waals surface area (Å²) in [5.41, 5.74) is 2.62.